The molecule has 1 aromatic rings. The number of aliphatic hydroxyl groups is 1. The molecule has 0 radical (unpaired) electrons. The Kier molecular flexibility index (Phi) is 4.59. The fourth-order valence-electron chi connectivity index (χ4n) is 1.20. The molecule has 15 heavy (non-hydrogen) atoms. The predicted molar refractivity (Wildman–Crippen MR) is 59.8 cm³/mol. The molecule has 0 spiro atoms. The van der Waals surface area contributed by atoms with Gasteiger partial charge in [-0.25, -0.2) is 0 Å². The molecule has 0 saturated carbocycles. The second-order valence-electron chi connectivity index (χ2n) is 3.46. The molecular weight excluding hydrogens is 214 g/mol. The van der Waals surface area contributed by atoms with Gasteiger partial charge in [-0.05, 0) is 24.6 Å². The van der Waals surface area contributed by atoms with Crippen LogP contribution < -0.4 is 5.32 Å². The lowest BCUT2D eigenvalue weighted by Crippen LogP contribution is -2.35. The van der Waals surface area contributed by atoms with Crippen LogP contribution in [0.3, 0.4) is 0 Å². The first-order valence-electron chi connectivity index (χ1n) is 4.76. The van der Waals surface area contributed by atoms with Gasteiger partial charge in [0.25, 0.3) is 0 Å². The fourth-order valence-corrected chi connectivity index (χ4v) is 1.42. The molecule has 0 fully saturated rings. The van der Waals surface area contributed by atoms with E-state index in [1.807, 2.05) is 6.07 Å². The normalized spacial score (nSPS) is 12.2. The Morgan fingerprint density at radius 1 is 1.60 bits per heavy atom. The molecule has 0 bridgehead atoms. The van der Waals surface area contributed by atoms with Crippen molar-refractivity contribution in [2.24, 2.45) is 0 Å². The summed E-state index contributed by atoms with van der Waals surface area (Å²) < 4.78 is 0. The van der Waals surface area contributed by atoms with Gasteiger partial charge < -0.3 is 10.4 Å². The standard InChI is InChI=1S/C11H14ClNO2/c1-8(7-14)13-11(15)6-9-3-2-4-10(12)5-9/h2-5,8,14H,6-7H2,1H3,(H,13,15)/t8-/m1/s1. The first kappa shape index (κ1) is 12.0. The van der Waals surface area contributed by atoms with E-state index in [1.54, 1.807) is 25.1 Å². The van der Waals surface area contributed by atoms with Crippen LogP contribution in [0.1, 0.15) is 12.5 Å². The van der Waals surface area contributed by atoms with Crippen molar-refractivity contribution in [1.29, 1.82) is 0 Å². The third-order valence-corrected chi connectivity index (χ3v) is 2.17. The van der Waals surface area contributed by atoms with Crippen LogP contribution in [-0.4, -0.2) is 23.7 Å². The van der Waals surface area contributed by atoms with Gasteiger partial charge in [-0.3, -0.25) is 4.79 Å². The van der Waals surface area contributed by atoms with Crippen molar-refractivity contribution >= 4 is 17.5 Å². The number of amides is 1. The van der Waals surface area contributed by atoms with E-state index in [4.69, 9.17) is 16.7 Å². The topological polar surface area (TPSA) is 49.3 Å². The average Bonchev–Trinajstić information content (AvgIpc) is 2.17. The maximum Gasteiger partial charge on any atom is 0.224 e. The van der Waals surface area contributed by atoms with E-state index in [0.29, 0.717) is 5.02 Å². The van der Waals surface area contributed by atoms with E-state index in [2.05, 4.69) is 5.32 Å². The van der Waals surface area contributed by atoms with Crippen LogP contribution in [0.15, 0.2) is 24.3 Å². The Morgan fingerprint density at radius 2 is 2.33 bits per heavy atom. The number of aliphatic hydroxyl groups excluding tert-OH is 1. The summed E-state index contributed by atoms with van der Waals surface area (Å²) in [5, 5.41) is 12.0. The van der Waals surface area contributed by atoms with Crippen molar-refractivity contribution < 1.29 is 9.90 Å². The van der Waals surface area contributed by atoms with Crippen LogP contribution in [0.25, 0.3) is 0 Å². The van der Waals surface area contributed by atoms with E-state index < -0.39 is 0 Å². The molecule has 0 aliphatic heterocycles. The number of hydrogen-bond donors (Lipinski definition) is 2. The number of carbonyl (C=O) groups is 1. The molecule has 1 amide bonds. The van der Waals surface area contributed by atoms with E-state index in [0.717, 1.165) is 5.56 Å². The number of carbonyl (C=O) groups excluding carboxylic acids is 1. The molecule has 1 aromatic carbocycles. The molecule has 2 N–H and O–H groups in total. The maximum absolute atomic E-state index is 11.4. The molecule has 3 nitrogen and oxygen atoms in total. The summed E-state index contributed by atoms with van der Waals surface area (Å²) in [6, 6.07) is 6.95. The second-order valence-corrected chi connectivity index (χ2v) is 3.89. The van der Waals surface area contributed by atoms with E-state index >= 15 is 0 Å². The first-order chi connectivity index (χ1) is 7.11. The highest BCUT2D eigenvalue weighted by molar-refractivity contribution is 6.30. The summed E-state index contributed by atoms with van der Waals surface area (Å²) in [4.78, 5) is 11.4. The van der Waals surface area contributed by atoms with Gasteiger partial charge in [0.1, 0.15) is 0 Å². The monoisotopic (exact) mass is 227 g/mol. The molecule has 1 atom stereocenters. The number of hydrogen-bond acceptors (Lipinski definition) is 2. The minimum absolute atomic E-state index is 0.0543. The van der Waals surface area contributed by atoms with Crippen molar-refractivity contribution in [3.63, 3.8) is 0 Å². The summed E-state index contributed by atoms with van der Waals surface area (Å²) >= 11 is 5.79. The SMILES string of the molecule is C[C@H](CO)NC(=O)Cc1cccc(Cl)c1. The highest BCUT2D eigenvalue weighted by Crippen LogP contribution is 2.10. The summed E-state index contributed by atoms with van der Waals surface area (Å²) in [5.74, 6) is -0.112. The molecule has 82 valence electrons. The van der Waals surface area contributed by atoms with Crippen molar-refractivity contribution in [2.75, 3.05) is 6.61 Å². The van der Waals surface area contributed by atoms with Gasteiger partial charge in [-0.15, -0.1) is 0 Å². The van der Waals surface area contributed by atoms with Gasteiger partial charge in [-0.1, -0.05) is 23.7 Å². The zero-order valence-electron chi connectivity index (χ0n) is 8.53. The lowest BCUT2D eigenvalue weighted by atomic mass is 10.1. The number of halogens is 1. The summed E-state index contributed by atoms with van der Waals surface area (Å²) in [6.45, 7) is 1.69. The Hall–Kier alpha value is -1.06. The molecule has 0 heterocycles. The predicted octanol–water partition coefficient (Wildman–Crippen LogP) is 1.38. The van der Waals surface area contributed by atoms with Crippen molar-refractivity contribution in [1.82, 2.24) is 5.32 Å². The Morgan fingerprint density at radius 3 is 2.93 bits per heavy atom. The van der Waals surface area contributed by atoms with Crippen LogP contribution in [0.2, 0.25) is 5.02 Å². The number of nitrogens with one attached hydrogen (secondary N) is 1. The van der Waals surface area contributed by atoms with Crippen LogP contribution in [0.5, 0.6) is 0 Å². The van der Waals surface area contributed by atoms with Crippen molar-refractivity contribution in [2.45, 2.75) is 19.4 Å². The van der Waals surface area contributed by atoms with E-state index in [1.165, 1.54) is 0 Å². The smallest absolute Gasteiger partial charge is 0.224 e. The fraction of sp³-hybridized carbons (Fsp3) is 0.364. The van der Waals surface area contributed by atoms with E-state index in [9.17, 15) is 4.79 Å². The third kappa shape index (κ3) is 4.32. The lowest BCUT2D eigenvalue weighted by Gasteiger charge is -2.10. The minimum atomic E-state index is -0.211. The number of benzene rings is 1. The van der Waals surface area contributed by atoms with Crippen molar-refractivity contribution in [3.05, 3.63) is 34.9 Å². The summed E-state index contributed by atoms with van der Waals surface area (Å²) in [7, 11) is 0. The molecule has 0 aliphatic carbocycles. The zero-order valence-corrected chi connectivity index (χ0v) is 9.29. The Bertz CT molecular complexity index is 341. The van der Waals surface area contributed by atoms with Gasteiger partial charge in [0.15, 0.2) is 0 Å². The molecular formula is C11H14ClNO2. The van der Waals surface area contributed by atoms with Gasteiger partial charge in [-0.2, -0.15) is 0 Å². The quantitative estimate of drug-likeness (QED) is 0.817. The molecule has 0 saturated heterocycles. The summed E-state index contributed by atoms with van der Waals surface area (Å²) in [5.41, 5.74) is 0.866. The summed E-state index contributed by atoms with van der Waals surface area (Å²) in [6.07, 6.45) is 0.283. The van der Waals surface area contributed by atoms with Crippen LogP contribution in [0, 0.1) is 0 Å². The second kappa shape index (κ2) is 5.73. The van der Waals surface area contributed by atoms with Crippen LogP contribution in [0.4, 0.5) is 0 Å². The largest absolute Gasteiger partial charge is 0.394 e. The van der Waals surface area contributed by atoms with Gasteiger partial charge in [0.05, 0.1) is 13.0 Å². The Balaban J connectivity index is 2.51. The van der Waals surface area contributed by atoms with Crippen LogP contribution >= 0.6 is 11.6 Å². The molecule has 1 rings (SSSR count). The van der Waals surface area contributed by atoms with Gasteiger partial charge >= 0.3 is 0 Å². The highest BCUT2D eigenvalue weighted by Gasteiger charge is 2.06. The van der Waals surface area contributed by atoms with Crippen LogP contribution in [-0.2, 0) is 11.2 Å². The maximum atomic E-state index is 11.4. The number of rotatable bonds is 4. The Labute approximate surface area is 94.1 Å². The van der Waals surface area contributed by atoms with Gasteiger partial charge in [0.2, 0.25) is 5.91 Å². The molecule has 0 aliphatic rings. The highest BCUT2D eigenvalue weighted by atomic mass is 35.5. The zero-order chi connectivity index (χ0) is 11.3. The van der Waals surface area contributed by atoms with Gasteiger partial charge in [0, 0.05) is 11.1 Å². The minimum Gasteiger partial charge on any atom is -0.394 e. The molecule has 4 heteroatoms. The first-order valence-corrected chi connectivity index (χ1v) is 5.14. The molecule has 0 aromatic heterocycles. The molecule has 0 unspecified atom stereocenters. The lowest BCUT2D eigenvalue weighted by molar-refractivity contribution is -0.121. The van der Waals surface area contributed by atoms with E-state index in [-0.39, 0.29) is 25.0 Å². The van der Waals surface area contributed by atoms with Crippen molar-refractivity contribution in [3.8, 4) is 0 Å². The third-order valence-electron chi connectivity index (χ3n) is 1.93. The average molecular weight is 228 g/mol.